The first-order valence-electron chi connectivity index (χ1n) is 9.95. The highest BCUT2D eigenvalue weighted by molar-refractivity contribution is 6.29. The Labute approximate surface area is 185 Å². The Morgan fingerprint density at radius 1 is 1.00 bits per heavy atom. The van der Waals surface area contributed by atoms with E-state index in [-0.39, 0.29) is 29.2 Å². The number of hydrogen-bond donors (Lipinski definition) is 2. The van der Waals surface area contributed by atoms with Gasteiger partial charge in [-0.15, -0.1) is 10.2 Å². The van der Waals surface area contributed by atoms with E-state index in [4.69, 9.17) is 16.3 Å². The second-order valence-corrected chi connectivity index (χ2v) is 7.27. The van der Waals surface area contributed by atoms with Gasteiger partial charge in [-0.05, 0) is 48.4 Å². The molecule has 1 aromatic heterocycles. The van der Waals surface area contributed by atoms with Crippen molar-refractivity contribution in [2.45, 2.75) is 32.2 Å². The Balaban J connectivity index is 1.60. The van der Waals surface area contributed by atoms with E-state index in [9.17, 15) is 9.59 Å². The van der Waals surface area contributed by atoms with Crippen LogP contribution in [0.1, 0.15) is 25.3 Å². The lowest BCUT2D eigenvalue weighted by molar-refractivity contribution is -0.126. The molecule has 7 nitrogen and oxygen atoms in total. The summed E-state index contributed by atoms with van der Waals surface area (Å²) >= 11 is 5.71. The summed E-state index contributed by atoms with van der Waals surface area (Å²) in [5.41, 5.74) is 0.783. The van der Waals surface area contributed by atoms with E-state index in [1.807, 2.05) is 61.5 Å². The number of aromatic nitrogens is 2. The molecule has 8 heteroatoms. The van der Waals surface area contributed by atoms with Crippen LogP contribution < -0.4 is 15.4 Å². The highest BCUT2D eigenvalue weighted by atomic mass is 35.5. The molecule has 2 aromatic carbocycles. The van der Waals surface area contributed by atoms with E-state index in [2.05, 4.69) is 20.8 Å². The van der Waals surface area contributed by atoms with Crippen LogP contribution in [0.4, 0.5) is 5.82 Å². The predicted octanol–water partition coefficient (Wildman–Crippen LogP) is 4.39. The van der Waals surface area contributed by atoms with Gasteiger partial charge >= 0.3 is 0 Å². The minimum Gasteiger partial charge on any atom is -0.457 e. The first-order valence-corrected chi connectivity index (χ1v) is 10.3. The average Bonchev–Trinajstić information content (AvgIpc) is 2.76. The van der Waals surface area contributed by atoms with E-state index in [1.54, 1.807) is 6.07 Å². The van der Waals surface area contributed by atoms with E-state index in [1.165, 1.54) is 6.07 Å². The van der Waals surface area contributed by atoms with Gasteiger partial charge in [0.05, 0.1) is 6.42 Å². The van der Waals surface area contributed by atoms with Crippen molar-refractivity contribution in [2.75, 3.05) is 5.32 Å². The highest BCUT2D eigenvalue weighted by Crippen LogP contribution is 2.22. The number of para-hydroxylation sites is 1. The predicted molar refractivity (Wildman–Crippen MR) is 119 cm³/mol. The van der Waals surface area contributed by atoms with Crippen molar-refractivity contribution >= 4 is 29.2 Å². The Morgan fingerprint density at radius 2 is 1.77 bits per heavy atom. The summed E-state index contributed by atoms with van der Waals surface area (Å²) in [4.78, 5) is 25.2. The Kier molecular flexibility index (Phi) is 7.95. The first-order chi connectivity index (χ1) is 15.0. The van der Waals surface area contributed by atoms with Crippen molar-refractivity contribution in [2.24, 2.45) is 0 Å². The van der Waals surface area contributed by atoms with Crippen LogP contribution in [0.3, 0.4) is 0 Å². The average molecular weight is 439 g/mol. The number of carbonyl (C=O) groups excluding carboxylic acids is 2. The summed E-state index contributed by atoms with van der Waals surface area (Å²) in [6, 6.07) is 19.1. The lowest BCUT2D eigenvalue weighted by Crippen LogP contribution is -2.44. The van der Waals surface area contributed by atoms with Crippen molar-refractivity contribution in [3.63, 3.8) is 0 Å². The molecule has 1 heterocycles. The van der Waals surface area contributed by atoms with Crippen molar-refractivity contribution in [3.05, 3.63) is 77.4 Å². The van der Waals surface area contributed by atoms with Crippen molar-refractivity contribution < 1.29 is 14.3 Å². The largest absolute Gasteiger partial charge is 0.457 e. The van der Waals surface area contributed by atoms with E-state index in [0.29, 0.717) is 17.9 Å². The van der Waals surface area contributed by atoms with E-state index >= 15 is 0 Å². The van der Waals surface area contributed by atoms with Gasteiger partial charge in [0, 0.05) is 0 Å². The molecule has 1 atom stereocenters. The van der Waals surface area contributed by atoms with Gasteiger partial charge in [-0.3, -0.25) is 9.59 Å². The van der Waals surface area contributed by atoms with Crippen LogP contribution in [0, 0.1) is 0 Å². The van der Waals surface area contributed by atoms with Gasteiger partial charge in [0.2, 0.25) is 11.8 Å². The standard InChI is InChI=1S/C23H23ClN4O3/c1-2-7-19(23(30)26-21-13-12-20(24)27-28-21)25-22(29)15-16-8-6-11-18(14-16)31-17-9-4-3-5-10-17/h3-6,8-14,19H,2,7,15H2,1H3,(H,25,29)(H,26,28,30). The van der Waals surface area contributed by atoms with Crippen molar-refractivity contribution in [1.82, 2.24) is 15.5 Å². The summed E-state index contributed by atoms with van der Waals surface area (Å²) in [7, 11) is 0. The molecule has 160 valence electrons. The molecular weight excluding hydrogens is 416 g/mol. The van der Waals surface area contributed by atoms with E-state index < -0.39 is 6.04 Å². The smallest absolute Gasteiger partial charge is 0.248 e. The number of amides is 2. The lowest BCUT2D eigenvalue weighted by Gasteiger charge is -2.17. The fourth-order valence-electron chi connectivity index (χ4n) is 2.93. The Morgan fingerprint density at radius 3 is 2.48 bits per heavy atom. The fourth-order valence-corrected chi connectivity index (χ4v) is 3.03. The molecule has 0 aliphatic heterocycles. The number of halogens is 1. The molecule has 0 spiro atoms. The monoisotopic (exact) mass is 438 g/mol. The molecule has 0 bridgehead atoms. The zero-order valence-electron chi connectivity index (χ0n) is 17.0. The van der Waals surface area contributed by atoms with Gasteiger partial charge in [-0.1, -0.05) is 55.3 Å². The number of nitrogens with one attached hydrogen (secondary N) is 2. The van der Waals surface area contributed by atoms with Crippen LogP contribution in [0.25, 0.3) is 0 Å². The number of nitrogens with zero attached hydrogens (tertiary/aromatic N) is 2. The van der Waals surface area contributed by atoms with Crippen LogP contribution in [0.15, 0.2) is 66.7 Å². The fraction of sp³-hybridized carbons (Fsp3) is 0.217. The maximum absolute atomic E-state index is 12.6. The molecule has 0 fully saturated rings. The molecule has 0 aliphatic carbocycles. The van der Waals surface area contributed by atoms with Crippen molar-refractivity contribution in [1.29, 1.82) is 0 Å². The molecule has 0 radical (unpaired) electrons. The van der Waals surface area contributed by atoms with Gasteiger partial charge in [0.1, 0.15) is 17.5 Å². The maximum atomic E-state index is 12.6. The van der Waals surface area contributed by atoms with Crippen molar-refractivity contribution in [3.8, 4) is 11.5 Å². The second-order valence-electron chi connectivity index (χ2n) is 6.88. The quantitative estimate of drug-likeness (QED) is 0.516. The second kappa shape index (κ2) is 11.1. The minimum atomic E-state index is -0.682. The van der Waals surface area contributed by atoms with Crippen LogP contribution in [0.2, 0.25) is 5.15 Å². The number of anilines is 1. The third kappa shape index (κ3) is 7.08. The summed E-state index contributed by atoms with van der Waals surface area (Å²) in [5.74, 6) is 1.02. The molecule has 3 rings (SSSR count). The molecule has 2 amide bonds. The van der Waals surface area contributed by atoms with Crippen LogP contribution in [-0.4, -0.2) is 28.1 Å². The van der Waals surface area contributed by atoms with Gasteiger partial charge < -0.3 is 15.4 Å². The molecule has 2 N–H and O–H groups in total. The molecule has 1 unspecified atom stereocenters. The molecule has 31 heavy (non-hydrogen) atoms. The van der Waals surface area contributed by atoms with Gasteiger partial charge in [-0.2, -0.15) is 0 Å². The number of ether oxygens (including phenoxy) is 1. The van der Waals surface area contributed by atoms with Crippen LogP contribution in [-0.2, 0) is 16.0 Å². The molecule has 0 saturated heterocycles. The zero-order chi connectivity index (χ0) is 22.1. The molecule has 3 aromatic rings. The lowest BCUT2D eigenvalue weighted by atomic mass is 10.1. The highest BCUT2D eigenvalue weighted by Gasteiger charge is 2.20. The van der Waals surface area contributed by atoms with Gasteiger partial charge in [0.15, 0.2) is 11.0 Å². The zero-order valence-corrected chi connectivity index (χ0v) is 17.8. The SMILES string of the molecule is CCCC(NC(=O)Cc1cccc(Oc2ccccc2)c1)C(=O)Nc1ccc(Cl)nn1. The molecule has 0 aliphatic rings. The third-order valence-corrected chi connectivity index (χ3v) is 4.56. The number of rotatable bonds is 9. The number of hydrogen-bond acceptors (Lipinski definition) is 5. The summed E-state index contributed by atoms with van der Waals surface area (Å²) in [6.45, 7) is 1.94. The van der Waals surface area contributed by atoms with Crippen LogP contribution in [0.5, 0.6) is 11.5 Å². The third-order valence-electron chi connectivity index (χ3n) is 4.35. The molecular formula is C23H23ClN4O3. The number of benzene rings is 2. The molecule has 0 saturated carbocycles. The summed E-state index contributed by atoms with van der Waals surface area (Å²) in [5, 5.41) is 13.2. The first kappa shape index (κ1) is 22.2. The van der Waals surface area contributed by atoms with Crippen LogP contribution >= 0.6 is 11.6 Å². The maximum Gasteiger partial charge on any atom is 0.248 e. The minimum absolute atomic E-state index is 0.125. The Bertz CT molecular complexity index is 1010. The Hall–Kier alpha value is -3.45. The van der Waals surface area contributed by atoms with Gasteiger partial charge in [-0.25, -0.2) is 0 Å². The van der Waals surface area contributed by atoms with Gasteiger partial charge in [0.25, 0.3) is 0 Å². The number of carbonyl (C=O) groups is 2. The topological polar surface area (TPSA) is 93.2 Å². The normalized spacial score (nSPS) is 11.4. The summed E-state index contributed by atoms with van der Waals surface area (Å²) < 4.78 is 5.82. The van der Waals surface area contributed by atoms with E-state index in [0.717, 1.165) is 12.0 Å². The summed E-state index contributed by atoms with van der Waals surface area (Å²) in [6.07, 6.45) is 1.35.